The average Bonchev–Trinajstić information content (AvgIpc) is 2.64. The minimum atomic E-state index is -1.67. The number of hydrogen-bond acceptors (Lipinski definition) is 3. The van der Waals surface area contributed by atoms with E-state index in [1.807, 2.05) is 0 Å². The Morgan fingerprint density at radius 2 is 0.917 bits per heavy atom. The Morgan fingerprint density at radius 1 is 0.667 bits per heavy atom. The summed E-state index contributed by atoms with van der Waals surface area (Å²) >= 11 is 0. The molecule has 0 amide bonds. The molecule has 0 aliphatic heterocycles. The zero-order chi connectivity index (χ0) is 9.23. The first-order valence-corrected chi connectivity index (χ1v) is 5.85. The second-order valence-electron chi connectivity index (χ2n) is 2.76. The fraction of sp³-hybridized carbons (Fsp3) is 1.00. The van der Waals surface area contributed by atoms with Crippen molar-refractivity contribution < 1.29 is 13.3 Å². The lowest BCUT2D eigenvalue weighted by Crippen LogP contribution is -2.21. The fourth-order valence-electron chi connectivity index (χ4n) is 1.17. The van der Waals surface area contributed by atoms with Gasteiger partial charge in [-0.3, -0.25) is 0 Å². The van der Waals surface area contributed by atoms with Crippen molar-refractivity contribution in [3.8, 4) is 0 Å². The zero-order valence-electron chi connectivity index (χ0n) is 8.34. The van der Waals surface area contributed by atoms with Gasteiger partial charge < -0.3 is 13.3 Å². The molecule has 4 heteroatoms. The monoisotopic (exact) mass is 192 g/mol. The second-order valence-corrected chi connectivity index (χ2v) is 4.76. The molecule has 0 bridgehead atoms. The predicted octanol–water partition coefficient (Wildman–Crippen LogP) is 1.59. The van der Waals surface area contributed by atoms with Crippen molar-refractivity contribution >= 4 is 9.53 Å². The summed E-state index contributed by atoms with van der Waals surface area (Å²) in [6.07, 6.45) is 7.50. The van der Waals surface area contributed by atoms with Crippen LogP contribution in [-0.2, 0) is 13.3 Å². The van der Waals surface area contributed by atoms with Crippen LogP contribution in [0.5, 0.6) is 0 Å². The summed E-state index contributed by atoms with van der Waals surface area (Å²) in [7, 11) is 3.05. The van der Waals surface area contributed by atoms with Gasteiger partial charge in [-0.15, -0.1) is 0 Å². The smallest absolute Gasteiger partial charge is 0.379 e. The summed E-state index contributed by atoms with van der Waals surface area (Å²) < 4.78 is 14.2. The first-order valence-electron chi connectivity index (χ1n) is 4.43. The van der Waals surface area contributed by atoms with Crippen LogP contribution in [-0.4, -0.2) is 30.9 Å². The highest BCUT2D eigenvalue weighted by molar-refractivity contribution is 6.36. The van der Waals surface area contributed by atoms with E-state index in [4.69, 9.17) is 13.3 Å². The van der Waals surface area contributed by atoms with Gasteiger partial charge in [0.05, 0.1) is 0 Å². The fourth-order valence-corrected chi connectivity index (χ4v) is 1.75. The second kappa shape index (κ2) is 9.19. The van der Waals surface area contributed by atoms with Gasteiger partial charge in [-0.2, -0.15) is 0 Å². The zero-order valence-corrected chi connectivity index (χ0v) is 9.49. The van der Waals surface area contributed by atoms with Crippen LogP contribution >= 0.6 is 0 Å². The third-order valence-corrected chi connectivity index (χ3v) is 2.98. The number of hydrogen-bond donors (Lipinski definition) is 0. The van der Waals surface area contributed by atoms with Crippen molar-refractivity contribution in [3.63, 3.8) is 0 Å². The predicted molar refractivity (Wildman–Crippen MR) is 51.3 cm³/mol. The van der Waals surface area contributed by atoms with Crippen LogP contribution in [0.4, 0.5) is 0 Å². The van der Waals surface area contributed by atoms with Gasteiger partial charge in [0.2, 0.25) is 0 Å². The Morgan fingerprint density at radius 3 is 1.00 bits per heavy atom. The van der Waals surface area contributed by atoms with Crippen molar-refractivity contribution in [2.24, 2.45) is 0 Å². The van der Waals surface area contributed by atoms with Gasteiger partial charge in [0, 0.05) is 21.3 Å². The van der Waals surface area contributed by atoms with E-state index in [1.54, 1.807) is 21.3 Å². The topological polar surface area (TPSA) is 27.7 Å². The Hall–Kier alpha value is 0.0969. The Bertz CT molecular complexity index is 69.3. The van der Waals surface area contributed by atoms with E-state index in [9.17, 15) is 0 Å². The molecule has 1 saturated carbocycles. The van der Waals surface area contributed by atoms with E-state index in [0.717, 1.165) is 0 Å². The summed E-state index contributed by atoms with van der Waals surface area (Å²) in [5.41, 5.74) is 0. The molecule has 0 N–H and O–H groups in total. The molecule has 0 aromatic heterocycles. The van der Waals surface area contributed by atoms with Gasteiger partial charge in [0.1, 0.15) is 0 Å². The molecule has 0 heterocycles. The van der Waals surface area contributed by atoms with Gasteiger partial charge in [0.15, 0.2) is 0 Å². The van der Waals surface area contributed by atoms with Crippen molar-refractivity contribution in [2.75, 3.05) is 21.3 Å². The maximum Gasteiger partial charge on any atom is 0.483 e. The molecule has 0 unspecified atom stereocenters. The van der Waals surface area contributed by atoms with Crippen LogP contribution in [0.3, 0.4) is 0 Å². The van der Waals surface area contributed by atoms with E-state index in [1.165, 1.54) is 32.1 Å². The maximum absolute atomic E-state index is 4.74. The van der Waals surface area contributed by atoms with Gasteiger partial charge in [-0.25, -0.2) is 0 Å². The lowest BCUT2D eigenvalue weighted by atomic mass is 10.4. The Balaban J connectivity index is 0.000000211. The van der Waals surface area contributed by atoms with Crippen LogP contribution in [0.25, 0.3) is 0 Å². The summed E-state index contributed by atoms with van der Waals surface area (Å²) in [4.78, 5) is 0. The average molecular weight is 192 g/mol. The van der Waals surface area contributed by atoms with Crippen molar-refractivity contribution in [1.82, 2.24) is 0 Å². The molecular formula is C8H20O3Si. The van der Waals surface area contributed by atoms with E-state index in [2.05, 4.69) is 0 Å². The van der Waals surface area contributed by atoms with Crippen LogP contribution in [0, 0.1) is 0 Å². The van der Waals surface area contributed by atoms with Crippen LogP contribution < -0.4 is 0 Å². The summed E-state index contributed by atoms with van der Waals surface area (Å²) in [6, 6.07) is 0. The highest BCUT2D eigenvalue weighted by Crippen LogP contribution is 2.15. The van der Waals surface area contributed by atoms with Crippen LogP contribution in [0.2, 0.25) is 0 Å². The minimum Gasteiger partial charge on any atom is -0.379 e. The molecule has 1 rings (SSSR count). The van der Waals surface area contributed by atoms with E-state index in [0.29, 0.717) is 0 Å². The van der Waals surface area contributed by atoms with Crippen molar-refractivity contribution in [1.29, 1.82) is 0 Å². The van der Waals surface area contributed by atoms with Crippen molar-refractivity contribution in [2.45, 2.75) is 32.1 Å². The van der Waals surface area contributed by atoms with Gasteiger partial charge in [-0.05, 0) is 0 Å². The normalized spacial score (nSPS) is 16.0. The van der Waals surface area contributed by atoms with Gasteiger partial charge >= 0.3 is 9.53 Å². The van der Waals surface area contributed by atoms with E-state index in [-0.39, 0.29) is 0 Å². The minimum absolute atomic E-state index is 1.50. The first-order chi connectivity index (χ1) is 5.85. The molecular weight excluding hydrogens is 172 g/mol. The molecule has 3 nitrogen and oxygen atoms in total. The summed E-state index contributed by atoms with van der Waals surface area (Å²) in [6.45, 7) is 0. The lowest BCUT2D eigenvalue weighted by Gasteiger charge is -2.05. The summed E-state index contributed by atoms with van der Waals surface area (Å²) in [5, 5.41) is 0. The number of rotatable bonds is 3. The largest absolute Gasteiger partial charge is 0.483 e. The molecule has 0 atom stereocenters. The lowest BCUT2D eigenvalue weighted by molar-refractivity contribution is 0.163. The molecule has 74 valence electrons. The molecule has 0 saturated heterocycles. The van der Waals surface area contributed by atoms with E-state index >= 15 is 0 Å². The molecule has 0 aromatic carbocycles. The molecule has 0 radical (unpaired) electrons. The highest BCUT2D eigenvalue weighted by Gasteiger charge is 2.04. The Kier molecular flexibility index (Phi) is 9.26. The highest BCUT2D eigenvalue weighted by atomic mass is 28.3. The molecule has 1 aliphatic carbocycles. The molecule has 1 aliphatic rings. The third-order valence-electron chi connectivity index (χ3n) is 1.83. The summed E-state index contributed by atoms with van der Waals surface area (Å²) in [5.74, 6) is 0. The standard InChI is InChI=1S/C5H10.C3H10O3Si/c1-2-4-5-3-1;1-4-7(5-2)6-3/h1-5H2;7H,1-3H3. The third kappa shape index (κ3) is 6.79. The van der Waals surface area contributed by atoms with Crippen LogP contribution in [0.1, 0.15) is 32.1 Å². The van der Waals surface area contributed by atoms with Crippen LogP contribution in [0.15, 0.2) is 0 Å². The first kappa shape index (κ1) is 12.1. The van der Waals surface area contributed by atoms with Gasteiger partial charge in [0.25, 0.3) is 0 Å². The maximum atomic E-state index is 4.74. The Labute approximate surface area is 77.0 Å². The molecule has 12 heavy (non-hydrogen) atoms. The van der Waals surface area contributed by atoms with E-state index < -0.39 is 9.53 Å². The SMILES string of the molecule is C1CCCC1.CO[SiH](OC)OC. The van der Waals surface area contributed by atoms with Crippen molar-refractivity contribution in [3.05, 3.63) is 0 Å². The molecule has 0 spiro atoms. The molecule has 0 aromatic rings. The molecule has 1 fully saturated rings. The van der Waals surface area contributed by atoms with Gasteiger partial charge in [-0.1, -0.05) is 32.1 Å². The quantitative estimate of drug-likeness (QED) is 0.636.